The zero-order valence-electron chi connectivity index (χ0n) is 22.8. The van der Waals surface area contributed by atoms with Crippen LogP contribution < -0.4 is 15.1 Å². The Morgan fingerprint density at radius 3 is 2.24 bits per heavy atom. The minimum Gasteiger partial charge on any atom is -0.368 e. The van der Waals surface area contributed by atoms with Gasteiger partial charge in [-0.25, -0.2) is 15.0 Å². The molecule has 3 rings (SSSR count). The third-order valence-electron chi connectivity index (χ3n) is 6.85. The number of aromatic nitrogens is 2. The van der Waals surface area contributed by atoms with Crippen molar-refractivity contribution >= 4 is 29.7 Å². The average molecular weight is 525 g/mol. The van der Waals surface area contributed by atoms with Crippen molar-refractivity contribution in [1.82, 2.24) is 20.3 Å². The first-order valence-corrected chi connectivity index (χ1v) is 13.3. The number of piperazine rings is 1. The number of carbonyl (C=O) groups excluding carboxylic acids is 3. The number of rotatable bonds is 12. The Kier molecular flexibility index (Phi) is 10.2. The quantitative estimate of drug-likeness (QED) is 0.188. The molecular formula is C28H40N6O4. The van der Waals surface area contributed by atoms with E-state index in [0.29, 0.717) is 17.0 Å². The van der Waals surface area contributed by atoms with Gasteiger partial charge in [-0.05, 0) is 42.2 Å². The van der Waals surface area contributed by atoms with Gasteiger partial charge >= 0.3 is 0 Å². The Balaban J connectivity index is 1.67. The van der Waals surface area contributed by atoms with Gasteiger partial charge in [-0.15, -0.1) is 0 Å². The van der Waals surface area contributed by atoms with E-state index in [-0.39, 0.29) is 24.6 Å². The van der Waals surface area contributed by atoms with E-state index in [1.807, 2.05) is 52.0 Å². The number of nitrogens with zero attached hydrogens (tertiary/aromatic N) is 5. The lowest BCUT2D eigenvalue weighted by atomic mass is 9.81. The maximum atomic E-state index is 13.6. The van der Waals surface area contributed by atoms with E-state index < -0.39 is 17.4 Å². The number of ketones is 1. The molecule has 0 bridgehead atoms. The summed E-state index contributed by atoms with van der Waals surface area (Å²) in [5.74, 6) is -0.387. The number of unbranched alkanes of at least 4 members (excludes halogenated alkanes) is 1. The Morgan fingerprint density at radius 1 is 1.08 bits per heavy atom. The van der Waals surface area contributed by atoms with E-state index in [2.05, 4.69) is 25.1 Å². The smallest absolute Gasteiger partial charge is 0.233 e. The highest BCUT2D eigenvalue weighted by Crippen LogP contribution is 2.26. The van der Waals surface area contributed by atoms with Gasteiger partial charge in [0.2, 0.25) is 18.3 Å². The van der Waals surface area contributed by atoms with Crippen molar-refractivity contribution in [2.24, 2.45) is 11.3 Å². The van der Waals surface area contributed by atoms with Crippen molar-refractivity contribution in [1.29, 1.82) is 0 Å². The summed E-state index contributed by atoms with van der Waals surface area (Å²) in [6.45, 7) is 10.9. The number of hydrogen-bond acceptors (Lipinski definition) is 8. The lowest BCUT2D eigenvalue weighted by Gasteiger charge is -2.36. The molecule has 1 aromatic heterocycles. The van der Waals surface area contributed by atoms with Crippen LogP contribution in [0.4, 0.5) is 11.6 Å². The summed E-state index contributed by atoms with van der Waals surface area (Å²) >= 11 is 0. The molecule has 1 aliphatic rings. The third-order valence-corrected chi connectivity index (χ3v) is 6.85. The van der Waals surface area contributed by atoms with Gasteiger partial charge < -0.3 is 15.1 Å². The van der Waals surface area contributed by atoms with E-state index >= 15 is 0 Å². The number of carbonyl (C=O) groups is 3. The second-order valence-electron chi connectivity index (χ2n) is 10.8. The molecule has 2 amide bonds. The Bertz CT molecular complexity index is 1050. The molecule has 1 fully saturated rings. The number of nitrogens with one attached hydrogen (secondary N) is 1. The molecular weight excluding hydrogens is 484 g/mol. The standard InChI is InChI=1S/C28H40N6O4/c1-5-6-8-22(19-34(38)20-35)26(37)31-25(28(2,3)4)24(36)21-9-11-23(12-10-21)32-15-17-33(18-16-32)27-29-13-7-14-30-27/h7,9-14,20,22,25,38H,5-6,8,15-19H2,1-4H3,(H,31,37). The first-order valence-electron chi connectivity index (χ1n) is 13.3. The molecule has 1 aliphatic heterocycles. The normalized spacial score (nSPS) is 15.5. The Hall–Kier alpha value is -3.53. The first-order chi connectivity index (χ1) is 18.1. The largest absolute Gasteiger partial charge is 0.368 e. The number of Topliss-reactive ketones (excluding diaryl/α,β-unsaturated/α-hetero) is 1. The van der Waals surface area contributed by atoms with E-state index in [0.717, 1.165) is 50.7 Å². The van der Waals surface area contributed by atoms with Gasteiger partial charge in [-0.3, -0.25) is 19.6 Å². The summed E-state index contributed by atoms with van der Waals surface area (Å²) in [6.07, 6.45) is 5.93. The van der Waals surface area contributed by atoms with Crippen molar-refractivity contribution in [2.45, 2.75) is 53.0 Å². The van der Waals surface area contributed by atoms with Gasteiger partial charge in [0.1, 0.15) is 0 Å². The number of benzene rings is 1. The Labute approximate surface area is 225 Å². The third kappa shape index (κ3) is 7.74. The van der Waals surface area contributed by atoms with Gasteiger partial charge in [-0.1, -0.05) is 40.5 Å². The topological polar surface area (TPSA) is 119 Å². The molecule has 1 aromatic carbocycles. The predicted octanol–water partition coefficient (Wildman–Crippen LogP) is 3.17. The molecule has 38 heavy (non-hydrogen) atoms. The van der Waals surface area contributed by atoms with Crippen LogP contribution in [0.25, 0.3) is 0 Å². The molecule has 2 atom stereocenters. The van der Waals surface area contributed by atoms with E-state index in [4.69, 9.17) is 0 Å². The van der Waals surface area contributed by atoms with Crippen LogP contribution in [0, 0.1) is 11.3 Å². The molecule has 0 saturated carbocycles. The number of anilines is 2. The van der Waals surface area contributed by atoms with Gasteiger partial charge in [0.25, 0.3) is 0 Å². The van der Waals surface area contributed by atoms with E-state index in [1.54, 1.807) is 18.5 Å². The molecule has 2 unspecified atom stereocenters. The van der Waals surface area contributed by atoms with Gasteiger partial charge in [0.05, 0.1) is 18.5 Å². The highest BCUT2D eigenvalue weighted by Gasteiger charge is 2.35. The van der Waals surface area contributed by atoms with Crippen LogP contribution in [0.15, 0.2) is 42.7 Å². The van der Waals surface area contributed by atoms with Crippen LogP contribution in [0.3, 0.4) is 0 Å². The highest BCUT2D eigenvalue weighted by molar-refractivity contribution is 6.02. The maximum Gasteiger partial charge on any atom is 0.233 e. The fraction of sp³-hybridized carbons (Fsp3) is 0.536. The SMILES string of the molecule is CCCCC(CN(O)C=O)C(=O)NC(C(=O)c1ccc(N2CCN(c3ncccn3)CC2)cc1)C(C)(C)C. The van der Waals surface area contributed by atoms with Crippen LogP contribution >= 0.6 is 0 Å². The highest BCUT2D eigenvalue weighted by atomic mass is 16.5. The van der Waals surface area contributed by atoms with Crippen molar-refractivity contribution in [3.05, 3.63) is 48.3 Å². The van der Waals surface area contributed by atoms with Crippen molar-refractivity contribution < 1.29 is 19.6 Å². The van der Waals surface area contributed by atoms with Crippen LogP contribution in [0.5, 0.6) is 0 Å². The van der Waals surface area contributed by atoms with Gasteiger partial charge in [0.15, 0.2) is 5.78 Å². The maximum absolute atomic E-state index is 13.6. The predicted molar refractivity (Wildman–Crippen MR) is 146 cm³/mol. The number of hydroxylamine groups is 2. The fourth-order valence-electron chi connectivity index (χ4n) is 4.58. The summed E-state index contributed by atoms with van der Waals surface area (Å²) in [4.78, 5) is 50.7. The van der Waals surface area contributed by atoms with Gasteiger partial charge in [0, 0.05) is 49.8 Å². The van der Waals surface area contributed by atoms with Gasteiger partial charge in [-0.2, -0.15) is 0 Å². The summed E-state index contributed by atoms with van der Waals surface area (Å²) in [5, 5.41) is 13.1. The second-order valence-corrected chi connectivity index (χ2v) is 10.8. The number of amides is 2. The minimum absolute atomic E-state index is 0.112. The second kappa shape index (κ2) is 13.3. The molecule has 2 heterocycles. The van der Waals surface area contributed by atoms with E-state index in [1.165, 1.54) is 0 Å². The fourth-order valence-corrected chi connectivity index (χ4v) is 4.58. The lowest BCUT2D eigenvalue weighted by molar-refractivity contribution is -0.154. The molecule has 2 N–H and O–H groups in total. The monoisotopic (exact) mass is 524 g/mol. The van der Waals surface area contributed by atoms with Crippen molar-refractivity contribution in [3.63, 3.8) is 0 Å². The zero-order valence-corrected chi connectivity index (χ0v) is 22.8. The van der Waals surface area contributed by atoms with E-state index in [9.17, 15) is 19.6 Å². The zero-order chi connectivity index (χ0) is 27.7. The molecule has 0 spiro atoms. The summed E-state index contributed by atoms with van der Waals surface area (Å²) in [6, 6.07) is 8.56. The summed E-state index contributed by atoms with van der Waals surface area (Å²) < 4.78 is 0. The number of hydrogen-bond donors (Lipinski definition) is 2. The lowest BCUT2D eigenvalue weighted by Crippen LogP contribution is -2.52. The van der Waals surface area contributed by atoms with Crippen LogP contribution in [0.1, 0.15) is 57.3 Å². The molecule has 0 radical (unpaired) electrons. The molecule has 2 aromatic rings. The average Bonchev–Trinajstić information content (AvgIpc) is 2.93. The molecule has 206 valence electrons. The first kappa shape index (κ1) is 29.0. The molecule has 10 nitrogen and oxygen atoms in total. The molecule has 1 saturated heterocycles. The summed E-state index contributed by atoms with van der Waals surface area (Å²) in [5.41, 5.74) is 1.01. The summed E-state index contributed by atoms with van der Waals surface area (Å²) in [7, 11) is 0. The minimum atomic E-state index is -0.761. The Morgan fingerprint density at radius 2 is 1.68 bits per heavy atom. The van der Waals surface area contributed by atoms with Crippen molar-refractivity contribution in [3.8, 4) is 0 Å². The van der Waals surface area contributed by atoms with Crippen molar-refractivity contribution in [2.75, 3.05) is 42.5 Å². The molecule has 0 aliphatic carbocycles. The van der Waals surface area contributed by atoms with Crippen LogP contribution in [0.2, 0.25) is 0 Å². The van der Waals surface area contributed by atoms with Crippen LogP contribution in [-0.2, 0) is 9.59 Å². The van der Waals surface area contributed by atoms with Crippen LogP contribution in [-0.4, -0.2) is 77.1 Å². The molecule has 10 heteroatoms.